The molecule has 1 unspecified atom stereocenters. The van der Waals surface area contributed by atoms with Crippen molar-refractivity contribution in [2.45, 2.75) is 18.7 Å². The second-order valence-corrected chi connectivity index (χ2v) is 4.12. The van der Waals surface area contributed by atoms with Crippen LogP contribution in [0.5, 0.6) is 0 Å². The molecule has 0 aromatic heterocycles. The Morgan fingerprint density at radius 1 is 1.53 bits per heavy atom. The minimum absolute atomic E-state index is 0.124. The van der Waals surface area contributed by atoms with E-state index in [4.69, 9.17) is 11.6 Å². The van der Waals surface area contributed by atoms with Gasteiger partial charge in [-0.15, -0.1) is 11.6 Å². The molecule has 0 aliphatic rings. The molecule has 0 spiro atoms. The van der Waals surface area contributed by atoms with E-state index < -0.39 is 0 Å². The van der Waals surface area contributed by atoms with Gasteiger partial charge >= 0.3 is 0 Å². The molecule has 80 valence electrons. The lowest BCUT2D eigenvalue weighted by Crippen LogP contribution is -2.07. The monoisotopic (exact) mass is 223 g/mol. The smallest absolute Gasteiger partial charge is 0.247 e. The second kappa shape index (κ2) is 5.56. The van der Waals surface area contributed by atoms with Gasteiger partial charge in [-0.05, 0) is 37.1 Å². The molecule has 0 aliphatic heterocycles. The lowest BCUT2D eigenvalue weighted by Gasteiger charge is -2.05. The van der Waals surface area contributed by atoms with E-state index >= 15 is 0 Å². The minimum atomic E-state index is -0.200. The Hall–Kier alpha value is -1.28. The molecule has 1 rings (SSSR count). The average molecular weight is 224 g/mol. The van der Waals surface area contributed by atoms with Gasteiger partial charge in [0.2, 0.25) is 5.91 Å². The third-order valence-corrected chi connectivity index (χ3v) is 2.08. The molecule has 1 amide bonds. The molecule has 0 saturated carbocycles. The van der Waals surface area contributed by atoms with Crippen LogP contribution in [0.25, 0.3) is 0 Å². The van der Waals surface area contributed by atoms with Crippen molar-refractivity contribution in [3.63, 3.8) is 0 Å². The third-order valence-electron chi connectivity index (χ3n) is 1.92. The van der Waals surface area contributed by atoms with Gasteiger partial charge in [0.15, 0.2) is 0 Å². The van der Waals surface area contributed by atoms with Gasteiger partial charge in [0, 0.05) is 11.1 Å². The van der Waals surface area contributed by atoms with E-state index in [1.165, 1.54) is 6.08 Å². The standard InChI is InChI=1S/C12H14ClNO/c1-3-12(15)14-11-6-4-10(5-7-11)8-9(2)13/h3-7,9H,1,8H2,2H3,(H,14,15). The summed E-state index contributed by atoms with van der Waals surface area (Å²) in [6.07, 6.45) is 2.08. The predicted molar refractivity (Wildman–Crippen MR) is 64.3 cm³/mol. The summed E-state index contributed by atoms with van der Waals surface area (Å²) in [7, 11) is 0. The van der Waals surface area contributed by atoms with Crippen molar-refractivity contribution < 1.29 is 4.79 Å². The van der Waals surface area contributed by atoms with Crippen LogP contribution in [-0.4, -0.2) is 11.3 Å². The summed E-state index contributed by atoms with van der Waals surface area (Å²) in [5.41, 5.74) is 1.93. The van der Waals surface area contributed by atoms with Crippen molar-refractivity contribution in [2.75, 3.05) is 5.32 Å². The number of hydrogen-bond donors (Lipinski definition) is 1. The van der Waals surface area contributed by atoms with Gasteiger partial charge in [0.1, 0.15) is 0 Å². The Morgan fingerprint density at radius 2 is 2.13 bits per heavy atom. The zero-order valence-corrected chi connectivity index (χ0v) is 9.42. The van der Waals surface area contributed by atoms with Crippen LogP contribution in [0.3, 0.4) is 0 Å². The van der Waals surface area contributed by atoms with Crippen LogP contribution in [-0.2, 0) is 11.2 Å². The first kappa shape index (κ1) is 11.8. The molecule has 0 aliphatic carbocycles. The molecule has 0 radical (unpaired) electrons. The average Bonchev–Trinajstić information content (AvgIpc) is 2.20. The van der Waals surface area contributed by atoms with Crippen molar-refractivity contribution in [3.8, 4) is 0 Å². The summed E-state index contributed by atoms with van der Waals surface area (Å²) in [6.45, 7) is 5.34. The van der Waals surface area contributed by atoms with Gasteiger partial charge < -0.3 is 5.32 Å². The first-order valence-electron chi connectivity index (χ1n) is 4.78. The van der Waals surface area contributed by atoms with E-state index in [9.17, 15) is 4.79 Å². The van der Waals surface area contributed by atoms with Gasteiger partial charge in [0.25, 0.3) is 0 Å². The lowest BCUT2D eigenvalue weighted by molar-refractivity contribution is -0.111. The number of hydrogen-bond acceptors (Lipinski definition) is 1. The molecule has 15 heavy (non-hydrogen) atoms. The van der Waals surface area contributed by atoms with Gasteiger partial charge in [-0.1, -0.05) is 18.7 Å². The normalized spacial score (nSPS) is 11.9. The van der Waals surface area contributed by atoms with Crippen LogP contribution >= 0.6 is 11.6 Å². The topological polar surface area (TPSA) is 29.1 Å². The molecule has 2 nitrogen and oxygen atoms in total. The maximum atomic E-state index is 11.0. The third kappa shape index (κ3) is 4.17. The van der Waals surface area contributed by atoms with E-state index in [2.05, 4.69) is 11.9 Å². The zero-order chi connectivity index (χ0) is 11.3. The SMILES string of the molecule is C=CC(=O)Nc1ccc(CC(C)Cl)cc1. The largest absolute Gasteiger partial charge is 0.323 e. The molecule has 1 atom stereocenters. The number of nitrogens with one attached hydrogen (secondary N) is 1. The van der Waals surface area contributed by atoms with Crippen LogP contribution in [0, 0.1) is 0 Å². The highest BCUT2D eigenvalue weighted by atomic mass is 35.5. The van der Waals surface area contributed by atoms with E-state index in [1.807, 2.05) is 31.2 Å². The van der Waals surface area contributed by atoms with Crippen molar-refractivity contribution in [2.24, 2.45) is 0 Å². The summed E-state index contributed by atoms with van der Waals surface area (Å²) in [6, 6.07) is 7.63. The van der Waals surface area contributed by atoms with Crippen LogP contribution in [0.1, 0.15) is 12.5 Å². The van der Waals surface area contributed by atoms with Gasteiger partial charge in [-0.3, -0.25) is 4.79 Å². The second-order valence-electron chi connectivity index (χ2n) is 3.38. The summed E-state index contributed by atoms with van der Waals surface area (Å²) < 4.78 is 0. The summed E-state index contributed by atoms with van der Waals surface area (Å²) in [5.74, 6) is -0.200. The van der Waals surface area contributed by atoms with Gasteiger partial charge in [-0.2, -0.15) is 0 Å². The van der Waals surface area contributed by atoms with Gasteiger partial charge in [-0.25, -0.2) is 0 Å². The zero-order valence-electron chi connectivity index (χ0n) is 8.66. The number of halogens is 1. The molecular weight excluding hydrogens is 210 g/mol. The Morgan fingerprint density at radius 3 is 2.60 bits per heavy atom. The van der Waals surface area contributed by atoms with Gasteiger partial charge in [0.05, 0.1) is 0 Å². The highest BCUT2D eigenvalue weighted by Crippen LogP contribution is 2.12. The highest BCUT2D eigenvalue weighted by Gasteiger charge is 2.00. The fourth-order valence-electron chi connectivity index (χ4n) is 1.24. The van der Waals surface area contributed by atoms with Crippen LogP contribution in [0.4, 0.5) is 5.69 Å². The van der Waals surface area contributed by atoms with Crippen molar-refractivity contribution in [1.82, 2.24) is 0 Å². The quantitative estimate of drug-likeness (QED) is 0.617. The van der Waals surface area contributed by atoms with Crippen molar-refractivity contribution >= 4 is 23.2 Å². The molecule has 1 aromatic rings. The number of amides is 1. The molecule has 0 fully saturated rings. The van der Waals surface area contributed by atoms with Crippen LogP contribution in [0.15, 0.2) is 36.9 Å². The highest BCUT2D eigenvalue weighted by molar-refractivity contribution is 6.20. The number of alkyl halides is 1. The minimum Gasteiger partial charge on any atom is -0.323 e. The molecule has 0 bridgehead atoms. The van der Waals surface area contributed by atoms with E-state index in [1.54, 1.807) is 0 Å². The number of carbonyl (C=O) groups is 1. The number of carbonyl (C=O) groups excluding carboxylic acids is 1. The Labute approximate surface area is 94.9 Å². The maximum absolute atomic E-state index is 11.0. The molecule has 1 aromatic carbocycles. The summed E-state index contributed by atoms with van der Waals surface area (Å²) >= 11 is 5.88. The van der Waals surface area contributed by atoms with E-state index in [-0.39, 0.29) is 11.3 Å². The fraction of sp³-hybridized carbons (Fsp3) is 0.250. The first-order chi connectivity index (χ1) is 7.11. The van der Waals surface area contributed by atoms with Crippen LogP contribution in [0.2, 0.25) is 0 Å². The van der Waals surface area contributed by atoms with E-state index in [0.29, 0.717) is 0 Å². The Bertz CT molecular complexity index is 343. The number of benzene rings is 1. The molecule has 3 heteroatoms. The van der Waals surface area contributed by atoms with Crippen LogP contribution < -0.4 is 5.32 Å². The molecular formula is C12H14ClNO. The maximum Gasteiger partial charge on any atom is 0.247 e. The van der Waals surface area contributed by atoms with Crippen molar-refractivity contribution in [3.05, 3.63) is 42.5 Å². The summed E-state index contributed by atoms with van der Waals surface area (Å²) in [4.78, 5) is 11.0. The Balaban J connectivity index is 2.63. The fourth-order valence-corrected chi connectivity index (χ4v) is 1.42. The first-order valence-corrected chi connectivity index (χ1v) is 5.22. The predicted octanol–water partition coefficient (Wildman–Crippen LogP) is 2.98. The summed E-state index contributed by atoms with van der Waals surface area (Å²) in [5, 5.41) is 2.81. The molecule has 0 saturated heterocycles. The Kier molecular flexibility index (Phi) is 4.37. The number of rotatable bonds is 4. The van der Waals surface area contributed by atoms with E-state index in [0.717, 1.165) is 17.7 Å². The lowest BCUT2D eigenvalue weighted by atomic mass is 10.1. The van der Waals surface area contributed by atoms with Crippen molar-refractivity contribution in [1.29, 1.82) is 0 Å². The molecule has 1 N–H and O–H groups in total. The number of anilines is 1. The molecule has 0 heterocycles.